The lowest BCUT2D eigenvalue weighted by molar-refractivity contribution is 0.191. The first kappa shape index (κ1) is 16.5. The minimum atomic E-state index is -0.369. The monoisotopic (exact) mass is 327 g/mol. The van der Waals surface area contributed by atoms with Crippen molar-refractivity contribution in [3.8, 4) is 22.9 Å². The fraction of sp³-hybridized carbons (Fsp3) is 0.429. The molecule has 1 aliphatic heterocycles. The van der Waals surface area contributed by atoms with Crippen LogP contribution in [0.2, 0.25) is 0 Å². The van der Waals surface area contributed by atoms with Crippen LogP contribution in [0, 0.1) is 0 Å². The topological polar surface area (TPSA) is 89.6 Å². The van der Waals surface area contributed by atoms with Gasteiger partial charge < -0.3 is 24.4 Å². The maximum atomic E-state index is 9.53. The molecule has 0 spiro atoms. The number of benzene rings is 1. The zero-order chi connectivity index (χ0) is 14.8. The molecule has 0 amide bonds. The van der Waals surface area contributed by atoms with E-state index in [1.54, 1.807) is 26.4 Å². The molecule has 2 atom stereocenters. The van der Waals surface area contributed by atoms with Crippen LogP contribution in [-0.2, 0) is 0 Å². The van der Waals surface area contributed by atoms with Crippen molar-refractivity contribution < 1.29 is 19.1 Å². The Morgan fingerprint density at radius 1 is 1.27 bits per heavy atom. The molecule has 8 heteroatoms. The molecule has 0 radical (unpaired) electrons. The van der Waals surface area contributed by atoms with Crippen LogP contribution in [-0.4, -0.2) is 42.1 Å². The van der Waals surface area contributed by atoms with Gasteiger partial charge in [-0.15, -0.1) is 12.4 Å². The van der Waals surface area contributed by atoms with Crippen molar-refractivity contribution >= 4 is 12.4 Å². The average molecular weight is 328 g/mol. The van der Waals surface area contributed by atoms with Crippen LogP contribution in [0.5, 0.6) is 11.5 Å². The molecule has 3 rings (SSSR count). The van der Waals surface area contributed by atoms with Crippen molar-refractivity contribution in [2.24, 2.45) is 0 Å². The van der Waals surface area contributed by atoms with Crippen LogP contribution in [0.1, 0.15) is 18.4 Å². The number of halogens is 1. The Morgan fingerprint density at radius 2 is 2.05 bits per heavy atom. The van der Waals surface area contributed by atoms with Gasteiger partial charge in [0.25, 0.3) is 0 Å². The van der Waals surface area contributed by atoms with Crippen LogP contribution < -0.4 is 14.8 Å². The van der Waals surface area contributed by atoms with Gasteiger partial charge in [-0.2, -0.15) is 4.98 Å². The third-order valence-corrected chi connectivity index (χ3v) is 3.49. The van der Waals surface area contributed by atoms with Gasteiger partial charge in [0.15, 0.2) is 11.5 Å². The van der Waals surface area contributed by atoms with Crippen molar-refractivity contribution in [1.29, 1.82) is 0 Å². The number of ether oxygens (including phenoxy) is 2. The summed E-state index contributed by atoms with van der Waals surface area (Å²) in [6, 6.07) is 5.33. The third-order valence-electron chi connectivity index (χ3n) is 3.49. The quantitative estimate of drug-likeness (QED) is 0.881. The maximum absolute atomic E-state index is 9.53. The van der Waals surface area contributed by atoms with Crippen LogP contribution in [0.25, 0.3) is 11.4 Å². The number of aromatic nitrogens is 2. The number of hydrogen-bond acceptors (Lipinski definition) is 7. The number of nitrogens with one attached hydrogen (secondary N) is 1. The Kier molecular flexibility index (Phi) is 5.23. The summed E-state index contributed by atoms with van der Waals surface area (Å²) in [6.07, 6.45) is 0.208. The summed E-state index contributed by atoms with van der Waals surface area (Å²) in [5.41, 5.74) is 0.779. The highest BCUT2D eigenvalue weighted by Crippen LogP contribution is 2.32. The van der Waals surface area contributed by atoms with Crippen LogP contribution in [0.3, 0.4) is 0 Å². The highest BCUT2D eigenvalue weighted by molar-refractivity contribution is 5.85. The third kappa shape index (κ3) is 3.16. The molecule has 7 nitrogen and oxygen atoms in total. The van der Waals surface area contributed by atoms with E-state index in [0.717, 1.165) is 5.56 Å². The number of hydrogen-bond donors (Lipinski definition) is 2. The lowest BCUT2D eigenvalue weighted by Crippen LogP contribution is -2.15. The number of β-amino-alcohol motifs (C(OH)–C–C–N with tert-alkyl or cyclic N) is 1. The molecular formula is C14H18ClN3O4. The molecule has 2 aromatic rings. The van der Waals surface area contributed by atoms with E-state index in [4.69, 9.17) is 14.0 Å². The second-order valence-electron chi connectivity index (χ2n) is 4.88. The van der Waals surface area contributed by atoms with E-state index < -0.39 is 0 Å². The van der Waals surface area contributed by atoms with Crippen molar-refractivity contribution in [2.75, 3.05) is 20.8 Å². The predicted molar refractivity (Wildman–Crippen MR) is 81.5 cm³/mol. The second kappa shape index (κ2) is 6.95. The molecule has 0 bridgehead atoms. The molecule has 0 unspecified atom stereocenters. The SMILES string of the molecule is COc1ccc(-c2noc([C@H]3C[C@@H](O)CN3)n2)cc1OC.Cl. The van der Waals surface area contributed by atoms with Crippen molar-refractivity contribution in [3.05, 3.63) is 24.1 Å². The molecule has 1 aromatic carbocycles. The summed E-state index contributed by atoms with van der Waals surface area (Å²) < 4.78 is 15.7. The van der Waals surface area contributed by atoms with Gasteiger partial charge in [0.2, 0.25) is 11.7 Å². The first-order valence-corrected chi connectivity index (χ1v) is 6.68. The fourth-order valence-electron chi connectivity index (χ4n) is 2.37. The predicted octanol–water partition coefficient (Wildman–Crippen LogP) is 1.57. The van der Waals surface area contributed by atoms with E-state index in [-0.39, 0.29) is 24.6 Å². The van der Waals surface area contributed by atoms with E-state index in [2.05, 4.69) is 15.5 Å². The van der Waals surface area contributed by atoms with Crippen LogP contribution in [0.4, 0.5) is 0 Å². The summed E-state index contributed by atoms with van der Waals surface area (Å²) in [4.78, 5) is 4.38. The Labute approximate surface area is 134 Å². The number of nitrogens with zero attached hydrogens (tertiary/aromatic N) is 2. The molecule has 0 saturated carbocycles. The van der Waals surface area contributed by atoms with Crippen LogP contribution in [0.15, 0.2) is 22.7 Å². The minimum absolute atomic E-state index is 0. The zero-order valence-electron chi connectivity index (χ0n) is 12.3. The van der Waals surface area contributed by atoms with Gasteiger partial charge in [-0.25, -0.2) is 0 Å². The molecule has 22 heavy (non-hydrogen) atoms. The first-order valence-electron chi connectivity index (χ1n) is 6.68. The van der Waals surface area contributed by atoms with Gasteiger partial charge in [0, 0.05) is 12.1 Å². The number of methoxy groups -OCH3 is 2. The molecule has 1 fully saturated rings. The first-order chi connectivity index (χ1) is 10.2. The fourth-order valence-corrected chi connectivity index (χ4v) is 2.37. The van der Waals surface area contributed by atoms with Crippen molar-refractivity contribution in [2.45, 2.75) is 18.6 Å². The normalized spacial score (nSPS) is 20.5. The lowest BCUT2D eigenvalue weighted by atomic mass is 10.2. The molecular weight excluding hydrogens is 310 g/mol. The summed E-state index contributed by atoms with van der Waals surface area (Å²) in [7, 11) is 3.16. The van der Waals surface area contributed by atoms with E-state index in [1.165, 1.54) is 0 Å². The van der Waals surface area contributed by atoms with Gasteiger partial charge in [-0.3, -0.25) is 0 Å². The standard InChI is InChI=1S/C14H17N3O4.ClH/c1-19-11-4-3-8(5-12(11)20-2)13-16-14(21-17-13)10-6-9(18)7-15-10;/h3-5,9-10,15,18H,6-7H2,1-2H3;1H/t9-,10-;/m1./s1. The molecule has 1 saturated heterocycles. The van der Waals surface area contributed by atoms with Gasteiger partial charge in [0.1, 0.15) is 0 Å². The van der Waals surface area contributed by atoms with E-state index >= 15 is 0 Å². The number of aliphatic hydroxyl groups is 1. The average Bonchev–Trinajstić information content (AvgIpc) is 3.15. The van der Waals surface area contributed by atoms with Gasteiger partial charge in [-0.1, -0.05) is 5.16 Å². The van der Waals surface area contributed by atoms with Crippen molar-refractivity contribution in [3.63, 3.8) is 0 Å². The van der Waals surface area contributed by atoms with E-state index in [0.29, 0.717) is 36.2 Å². The van der Waals surface area contributed by atoms with Gasteiger partial charge in [-0.05, 0) is 24.6 Å². The van der Waals surface area contributed by atoms with E-state index in [1.807, 2.05) is 6.07 Å². The smallest absolute Gasteiger partial charge is 0.244 e. The van der Waals surface area contributed by atoms with Gasteiger partial charge in [0.05, 0.1) is 26.4 Å². The molecule has 120 valence electrons. The minimum Gasteiger partial charge on any atom is -0.493 e. The van der Waals surface area contributed by atoms with Crippen molar-refractivity contribution in [1.82, 2.24) is 15.5 Å². The lowest BCUT2D eigenvalue weighted by Gasteiger charge is -2.07. The highest BCUT2D eigenvalue weighted by Gasteiger charge is 2.28. The molecule has 1 aliphatic rings. The summed E-state index contributed by atoms with van der Waals surface area (Å²) in [5, 5.41) is 16.6. The largest absolute Gasteiger partial charge is 0.493 e. The number of rotatable bonds is 4. The maximum Gasteiger partial charge on any atom is 0.244 e. The second-order valence-corrected chi connectivity index (χ2v) is 4.88. The Hall–Kier alpha value is -1.83. The molecule has 1 aromatic heterocycles. The van der Waals surface area contributed by atoms with E-state index in [9.17, 15) is 5.11 Å². The highest BCUT2D eigenvalue weighted by atomic mass is 35.5. The summed E-state index contributed by atoms with van der Waals surface area (Å²) >= 11 is 0. The Morgan fingerprint density at radius 3 is 2.68 bits per heavy atom. The summed E-state index contributed by atoms with van der Waals surface area (Å²) in [5.74, 6) is 2.21. The van der Waals surface area contributed by atoms with Gasteiger partial charge >= 0.3 is 0 Å². The Balaban J connectivity index is 0.00000176. The molecule has 2 N–H and O–H groups in total. The Bertz CT molecular complexity index is 634. The zero-order valence-corrected chi connectivity index (χ0v) is 13.1. The van der Waals surface area contributed by atoms with Crippen LogP contribution >= 0.6 is 12.4 Å². The molecule has 2 heterocycles. The summed E-state index contributed by atoms with van der Waals surface area (Å²) in [6.45, 7) is 0.540. The molecule has 0 aliphatic carbocycles. The number of aliphatic hydroxyl groups excluding tert-OH is 1.